The number of carbonyl (C=O) groups is 1. The Morgan fingerprint density at radius 3 is 2.91 bits per heavy atom. The highest BCUT2D eigenvalue weighted by Gasteiger charge is 2.28. The molecular weight excluding hydrogens is 297 g/mol. The Balaban J connectivity index is 1.95. The molecule has 2 atom stereocenters. The normalized spacial score (nSPS) is 20.0. The molecule has 1 saturated heterocycles. The van der Waals surface area contributed by atoms with Crippen LogP contribution in [0.1, 0.15) is 40.5 Å². The van der Waals surface area contributed by atoms with Crippen molar-refractivity contribution in [2.45, 2.75) is 52.2 Å². The van der Waals surface area contributed by atoms with Crippen LogP contribution in [0.2, 0.25) is 0 Å². The molecule has 128 valence electrons. The van der Waals surface area contributed by atoms with Crippen molar-refractivity contribution in [3.63, 3.8) is 0 Å². The summed E-state index contributed by atoms with van der Waals surface area (Å²) in [6.45, 7) is 8.93. The van der Waals surface area contributed by atoms with Crippen molar-refractivity contribution in [2.24, 2.45) is 5.92 Å². The molecule has 0 bridgehead atoms. The van der Waals surface area contributed by atoms with E-state index in [2.05, 4.69) is 10.3 Å². The van der Waals surface area contributed by atoms with Crippen molar-refractivity contribution in [2.75, 3.05) is 18.0 Å². The molecule has 0 aliphatic carbocycles. The van der Waals surface area contributed by atoms with Crippen LogP contribution in [0.3, 0.4) is 0 Å². The minimum Gasteiger partial charge on any atom is -0.444 e. The van der Waals surface area contributed by atoms with Gasteiger partial charge in [-0.25, -0.2) is 14.2 Å². The average Bonchev–Trinajstić information content (AvgIpc) is 2.45. The van der Waals surface area contributed by atoms with Crippen LogP contribution in [0.5, 0.6) is 0 Å². The van der Waals surface area contributed by atoms with Crippen molar-refractivity contribution in [3.8, 4) is 0 Å². The fourth-order valence-corrected chi connectivity index (χ4v) is 2.83. The minimum atomic E-state index is -0.514. The van der Waals surface area contributed by atoms with Gasteiger partial charge >= 0.3 is 6.09 Å². The lowest BCUT2D eigenvalue weighted by atomic mass is 9.91. The lowest BCUT2D eigenvalue weighted by Crippen LogP contribution is -2.47. The number of nitrogens with zero attached hydrogens (tertiary/aromatic N) is 2. The van der Waals surface area contributed by atoms with Gasteiger partial charge in [0.05, 0.1) is 0 Å². The zero-order valence-corrected chi connectivity index (χ0v) is 14.3. The van der Waals surface area contributed by atoms with Gasteiger partial charge in [-0.3, -0.25) is 0 Å². The van der Waals surface area contributed by atoms with E-state index in [9.17, 15) is 9.18 Å². The molecule has 1 aromatic heterocycles. The average molecular weight is 323 g/mol. The Morgan fingerprint density at radius 1 is 1.52 bits per heavy atom. The highest BCUT2D eigenvalue weighted by molar-refractivity contribution is 5.68. The zero-order valence-electron chi connectivity index (χ0n) is 14.3. The van der Waals surface area contributed by atoms with E-state index in [1.165, 1.54) is 6.07 Å². The number of nitrogens with one attached hydrogen (secondary N) is 1. The molecule has 1 fully saturated rings. The van der Waals surface area contributed by atoms with E-state index in [4.69, 9.17) is 4.74 Å². The zero-order chi connectivity index (χ0) is 17.0. The molecular formula is C17H26FN3O2. The van der Waals surface area contributed by atoms with Gasteiger partial charge in [-0.2, -0.15) is 0 Å². The molecule has 1 aliphatic heterocycles. The fraction of sp³-hybridized carbons (Fsp3) is 0.647. The van der Waals surface area contributed by atoms with Crippen LogP contribution in [0.25, 0.3) is 0 Å². The molecule has 6 heteroatoms. The Morgan fingerprint density at radius 2 is 2.26 bits per heavy atom. The first-order valence-electron chi connectivity index (χ1n) is 8.11. The molecule has 1 aliphatic rings. The lowest BCUT2D eigenvalue weighted by Gasteiger charge is -2.36. The molecule has 2 rings (SSSR count). The number of rotatable bonds is 3. The summed E-state index contributed by atoms with van der Waals surface area (Å²) in [5.41, 5.74) is -0.514. The molecule has 23 heavy (non-hydrogen) atoms. The van der Waals surface area contributed by atoms with E-state index in [0.717, 1.165) is 19.4 Å². The first kappa shape index (κ1) is 17.5. The van der Waals surface area contributed by atoms with Gasteiger partial charge in [0.1, 0.15) is 5.60 Å². The molecule has 0 unspecified atom stereocenters. The summed E-state index contributed by atoms with van der Waals surface area (Å²) in [5, 5.41) is 2.89. The van der Waals surface area contributed by atoms with Crippen molar-refractivity contribution in [1.82, 2.24) is 10.3 Å². The molecule has 0 radical (unpaired) electrons. The second kappa shape index (κ2) is 7.15. The van der Waals surface area contributed by atoms with Crippen molar-refractivity contribution < 1.29 is 13.9 Å². The largest absolute Gasteiger partial charge is 0.444 e. The Bertz CT molecular complexity index is 545. The second-order valence-corrected chi connectivity index (χ2v) is 7.09. The maximum absolute atomic E-state index is 13.9. The standard InChI is InChI=1S/C17H26FN3O2/c1-12(20-16(22)23-17(2,3)4)13-7-6-10-21(11-13)15-14(18)8-5-9-19-15/h5,8-9,12-13H,6-7,10-11H2,1-4H3,(H,20,22)/t12-,13-/m0/s1. The van der Waals surface area contributed by atoms with Crippen LogP contribution in [0.4, 0.5) is 15.0 Å². The first-order chi connectivity index (χ1) is 10.8. The Hall–Kier alpha value is -1.85. The maximum atomic E-state index is 13.9. The van der Waals surface area contributed by atoms with E-state index >= 15 is 0 Å². The van der Waals surface area contributed by atoms with Gasteiger partial charge in [0, 0.05) is 25.3 Å². The topological polar surface area (TPSA) is 54.5 Å². The Labute approximate surface area is 137 Å². The highest BCUT2D eigenvalue weighted by Crippen LogP contribution is 2.25. The quantitative estimate of drug-likeness (QED) is 0.927. The molecule has 0 saturated carbocycles. The summed E-state index contributed by atoms with van der Waals surface area (Å²) in [4.78, 5) is 18.0. The molecule has 1 N–H and O–H groups in total. The number of aromatic nitrogens is 1. The van der Waals surface area contributed by atoms with Crippen molar-refractivity contribution in [1.29, 1.82) is 0 Å². The van der Waals surface area contributed by atoms with Gasteiger partial charge in [0.25, 0.3) is 0 Å². The van der Waals surface area contributed by atoms with E-state index in [1.807, 2.05) is 32.6 Å². The third-order valence-electron chi connectivity index (χ3n) is 3.95. The second-order valence-electron chi connectivity index (χ2n) is 7.09. The third kappa shape index (κ3) is 5.08. The SMILES string of the molecule is C[C@H](NC(=O)OC(C)(C)C)[C@H]1CCCN(c2ncccc2F)C1. The molecule has 1 aromatic rings. The van der Waals surface area contributed by atoms with Crippen LogP contribution >= 0.6 is 0 Å². The van der Waals surface area contributed by atoms with Gasteiger partial charge in [-0.1, -0.05) is 0 Å². The van der Waals surface area contributed by atoms with Crippen molar-refractivity contribution >= 4 is 11.9 Å². The summed E-state index contributed by atoms with van der Waals surface area (Å²) in [5.74, 6) is 0.320. The van der Waals surface area contributed by atoms with Gasteiger partial charge < -0.3 is 15.0 Å². The number of hydrogen-bond acceptors (Lipinski definition) is 4. The third-order valence-corrected chi connectivity index (χ3v) is 3.95. The maximum Gasteiger partial charge on any atom is 0.407 e. The number of ether oxygens (including phenoxy) is 1. The van der Waals surface area contributed by atoms with E-state index in [1.54, 1.807) is 12.3 Å². The number of carbonyl (C=O) groups excluding carboxylic acids is 1. The fourth-order valence-electron chi connectivity index (χ4n) is 2.83. The monoisotopic (exact) mass is 323 g/mol. The predicted octanol–water partition coefficient (Wildman–Crippen LogP) is 3.35. The summed E-state index contributed by atoms with van der Waals surface area (Å²) in [6, 6.07) is 2.97. The van der Waals surface area contributed by atoms with Gasteiger partial charge in [0.2, 0.25) is 0 Å². The van der Waals surface area contributed by atoms with Gasteiger partial charge in [-0.15, -0.1) is 0 Å². The molecule has 1 amide bonds. The number of piperidine rings is 1. The van der Waals surface area contributed by atoms with Gasteiger partial charge in [-0.05, 0) is 58.6 Å². The van der Waals surface area contributed by atoms with E-state index < -0.39 is 11.7 Å². The minimum absolute atomic E-state index is 0.0422. The molecule has 0 spiro atoms. The number of anilines is 1. The summed E-state index contributed by atoms with van der Waals surface area (Å²) < 4.78 is 19.2. The summed E-state index contributed by atoms with van der Waals surface area (Å²) in [7, 11) is 0. The highest BCUT2D eigenvalue weighted by atomic mass is 19.1. The smallest absolute Gasteiger partial charge is 0.407 e. The number of pyridine rings is 1. The van der Waals surface area contributed by atoms with E-state index in [0.29, 0.717) is 12.4 Å². The summed E-state index contributed by atoms with van der Waals surface area (Å²) in [6.07, 6.45) is 3.12. The van der Waals surface area contributed by atoms with E-state index in [-0.39, 0.29) is 17.8 Å². The van der Waals surface area contributed by atoms with Crippen LogP contribution in [0.15, 0.2) is 18.3 Å². The molecule has 2 heterocycles. The Kier molecular flexibility index (Phi) is 5.44. The number of hydrogen-bond donors (Lipinski definition) is 1. The van der Waals surface area contributed by atoms with Crippen LogP contribution in [0, 0.1) is 11.7 Å². The van der Waals surface area contributed by atoms with Crippen LogP contribution < -0.4 is 10.2 Å². The first-order valence-corrected chi connectivity index (χ1v) is 8.11. The number of amides is 1. The molecule has 5 nitrogen and oxygen atoms in total. The van der Waals surface area contributed by atoms with Gasteiger partial charge in [0.15, 0.2) is 11.6 Å². The summed E-state index contributed by atoms with van der Waals surface area (Å²) >= 11 is 0. The molecule has 0 aromatic carbocycles. The lowest BCUT2D eigenvalue weighted by molar-refractivity contribution is 0.0489. The number of halogens is 1. The van der Waals surface area contributed by atoms with Crippen LogP contribution in [-0.4, -0.2) is 35.8 Å². The van der Waals surface area contributed by atoms with Crippen LogP contribution in [-0.2, 0) is 4.74 Å². The predicted molar refractivity (Wildman–Crippen MR) is 88.0 cm³/mol. The van der Waals surface area contributed by atoms with Crippen molar-refractivity contribution in [3.05, 3.63) is 24.1 Å². The number of alkyl carbamates (subject to hydrolysis) is 1.